The second-order valence-corrected chi connectivity index (χ2v) is 8.15. The number of aryl methyl sites for hydroxylation is 1. The maximum atomic E-state index is 12.9. The summed E-state index contributed by atoms with van der Waals surface area (Å²) in [5.74, 6) is 1.14. The zero-order valence-corrected chi connectivity index (χ0v) is 18.6. The monoisotopic (exact) mass is 438 g/mol. The molecule has 2 aromatic carbocycles. The van der Waals surface area contributed by atoms with Crippen molar-refractivity contribution in [1.82, 2.24) is 20.0 Å². The number of nitrogens with one attached hydrogen (secondary N) is 1. The van der Waals surface area contributed by atoms with Crippen LogP contribution in [0.4, 0.5) is 4.79 Å². The second kappa shape index (κ2) is 9.43. The third-order valence-electron chi connectivity index (χ3n) is 5.28. The second-order valence-electron chi connectivity index (χ2n) is 7.75. The molecule has 1 N–H and O–H groups in total. The highest BCUT2D eigenvalue weighted by molar-refractivity contribution is 6.32. The summed E-state index contributed by atoms with van der Waals surface area (Å²) in [5, 5.41) is 8.29. The molecule has 6 nitrogen and oxygen atoms in total. The van der Waals surface area contributed by atoms with Gasteiger partial charge in [0.25, 0.3) is 0 Å². The average Bonchev–Trinajstić information content (AvgIpc) is 3.58. The first-order valence-electron chi connectivity index (χ1n) is 10.7. The number of rotatable bonds is 8. The standard InChI is InChI=1S/C24H27ClN4O2/c1-3-15-26-24(30)29(18-13-14-18)16-19-22(17-9-5-4-6-10-17)27-28(2)23(19)31-21-12-8-7-11-20(21)25/h4-12,18H,3,13-16H2,1-2H3,(H,26,30). The highest BCUT2D eigenvalue weighted by Crippen LogP contribution is 2.38. The number of carbonyl (C=O) groups excluding carboxylic acids is 1. The van der Waals surface area contributed by atoms with Gasteiger partial charge >= 0.3 is 6.03 Å². The molecule has 1 fully saturated rings. The lowest BCUT2D eigenvalue weighted by Gasteiger charge is -2.23. The van der Waals surface area contributed by atoms with Crippen molar-refractivity contribution >= 4 is 17.6 Å². The molecule has 1 aromatic heterocycles. The number of hydrogen-bond acceptors (Lipinski definition) is 3. The van der Waals surface area contributed by atoms with Gasteiger partial charge in [0.1, 0.15) is 11.4 Å². The molecule has 4 rings (SSSR count). The van der Waals surface area contributed by atoms with E-state index in [2.05, 4.69) is 5.32 Å². The smallest absolute Gasteiger partial charge is 0.317 e. The largest absolute Gasteiger partial charge is 0.437 e. The lowest BCUT2D eigenvalue weighted by molar-refractivity contribution is 0.191. The summed E-state index contributed by atoms with van der Waals surface area (Å²) in [6.07, 6.45) is 2.93. The summed E-state index contributed by atoms with van der Waals surface area (Å²) in [7, 11) is 1.85. The van der Waals surface area contributed by atoms with Crippen LogP contribution < -0.4 is 10.1 Å². The predicted molar refractivity (Wildman–Crippen MR) is 122 cm³/mol. The van der Waals surface area contributed by atoms with Crippen LogP contribution in [0.3, 0.4) is 0 Å². The molecule has 1 aliphatic carbocycles. The Hall–Kier alpha value is -2.99. The molecular weight excluding hydrogens is 412 g/mol. The van der Waals surface area contributed by atoms with Crippen LogP contribution in [0.1, 0.15) is 31.7 Å². The summed E-state index contributed by atoms with van der Waals surface area (Å²) in [6.45, 7) is 3.12. The average molecular weight is 439 g/mol. The van der Waals surface area contributed by atoms with E-state index in [0.717, 1.165) is 36.1 Å². The molecule has 2 amide bonds. The van der Waals surface area contributed by atoms with E-state index in [0.29, 0.717) is 29.7 Å². The minimum atomic E-state index is -0.0455. The van der Waals surface area contributed by atoms with Crippen LogP contribution in [0.15, 0.2) is 54.6 Å². The third-order valence-corrected chi connectivity index (χ3v) is 5.59. The van der Waals surface area contributed by atoms with Crippen molar-refractivity contribution < 1.29 is 9.53 Å². The van der Waals surface area contributed by atoms with Crippen molar-refractivity contribution in [3.05, 3.63) is 65.2 Å². The minimum Gasteiger partial charge on any atom is -0.437 e. The fourth-order valence-corrected chi connectivity index (χ4v) is 3.71. The fraction of sp³-hybridized carbons (Fsp3) is 0.333. The summed E-state index contributed by atoms with van der Waals surface area (Å²) < 4.78 is 7.96. The number of aromatic nitrogens is 2. The summed E-state index contributed by atoms with van der Waals surface area (Å²) in [5.41, 5.74) is 2.65. The maximum absolute atomic E-state index is 12.9. The van der Waals surface area contributed by atoms with Gasteiger partial charge in [0.2, 0.25) is 5.88 Å². The third kappa shape index (κ3) is 4.85. The lowest BCUT2D eigenvalue weighted by atomic mass is 10.1. The van der Waals surface area contributed by atoms with E-state index >= 15 is 0 Å². The van der Waals surface area contributed by atoms with Crippen molar-refractivity contribution in [2.45, 2.75) is 38.8 Å². The van der Waals surface area contributed by atoms with Crippen LogP contribution in [-0.2, 0) is 13.6 Å². The molecule has 31 heavy (non-hydrogen) atoms. The van der Waals surface area contributed by atoms with Crippen LogP contribution in [0.25, 0.3) is 11.3 Å². The number of urea groups is 1. The molecule has 0 bridgehead atoms. The fourth-order valence-electron chi connectivity index (χ4n) is 3.54. The predicted octanol–water partition coefficient (Wildman–Crippen LogP) is 5.62. The molecule has 7 heteroatoms. The number of amides is 2. The van der Waals surface area contributed by atoms with E-state index in [9.17, 15) is 4.79 Å². The zero-order valence-electron chi connectivity index (χ0n) is 17.8. The number of halogens is 1. The number of hydrogen-bond donors (Lipinski definition) is 1. The van der Waals surface area contributed by atoms with Gasteiger partial charge in [0, 0.05) is 25.2 Å². The van der Waals surface area contributed by atoms with Crippen LogP contribution in [0, 0.1) is 0 Å². The molecular formula is C24H27ClN4O2. The Balaban J connectivity index is 1.74. The lowest BCUT2D eigenvalue weighted by Crippen LogP contribution is -2.41. The molecule has 0 aliphatic heterocycles. The van der Waals surface area contributed by atoms with Crippen LogP contribution >= 0.6 is 11.6 Å². The van der Waals surface area contributed by atoms with Gasteiger partial charge in [-0.3, -0.25) is 0 Å². The van der Waals surface area contributed by atoms with E-state index in [4.69, 9.17) is 21.4 Å². The van der Waals surface area contributed by atoms with Gasteiger partial charge in [-0.2, -0.15) is 5.10 Å². The number of benzene rings is 2. The first kappa shape index (κ1) is 21.2. The first-order chi connectivity index (χ1) is 15.1. The summed E-state index contributed by atoms with van der Waals surface area (Å²) >= 11 is 6.35. The van der Waals surface area contributed by atoms with Crippen LogP contribution in [0.5, 0.6) is 11.6 Å². The van der Waals surface area contributed by atoms with Crippen molar-refractivity contribution in [1.29, 1.82) is 0 Å². The first-order valence-corrected chi connectivity index (χ1v) is 11.0. The van der Waals surface area contributed by atoms with Gasteiger partial charge in [-0.1, -0.05) is 61.0 Å². The van der Waals surface area contributed by atoms with Gasteiger partial charge in [0.05, 0.1) is 17.1 Å². The molecule has 0 spiro atoms. The molecule has 3 aromatic rings. The Morgan fingerprint density at radius 3 is 2.58 bits per heavy atom. The molecule has 0 saturated heterocycles. The Morgan fingerprint density at radius 1 is 1.19 bits per heavy atom. The minimum absolute atomic E-state index is 0.0455. The Labute approximate surface area is 187 Å². The van der Waals surface area contributed by atoms with Gasteiger partial charge < -0.3 is 15.0 Å². The van der Waals surface area contributed by atoms with Gasteiger partial charge in [-0.25, -0.2) is 9.48 Å². The van der Waals surface area contributed by atoms with Gasteiger partial charge in [0.15, 0.2) is 0 Å². The quantitative estimate of drug-likeness (QED) is 0.496. The van der Waals surface area contributed by atoms with E-state index in [1.54, 1.807) is 10.7 Å². The topological polar surface area (TPSA) is 59.4 Å². The van der Waals surface area contributed by atoms with Crippen molar-refractivity contribution in [2.24, 2.45) is 7.05 Å². The van der Waals surface area contributed by atoms with Crippen LogP contribution in [0.2, 0.25) is 5.02 Å². The van der Waals surface area contributed by atoms with E-state index < -0.39 is 0 Å². The van der Waals surface area contributed by atoms with E-state index in [1.807, 2.05) is 67.4 Å². The normalized spacial score (nSPS) is 13.1. The van der Waals surface area contributed by atoms with Crippen molar-refractivity contribution in [3.63, 3.8) is 0 Å². The van der Waals surface area contributed by atoms with Crippen LogP contribution in [-0.4, -0.2) is 33.3 Å². The molecule has 1 saturated carbocycles. The summed E-state index contributed by atoms with van der Waals surface area (Å²) in [4.78, 5) is 14.8. The SMILES string of the molecule is CCCNC(=O)N(Cc1c(-c2ccccc2)nn(C)c1Oc1ccccc1Cl)C1CC1. The van der Waals surface area contributed by atoms with E-state index in [-0.39, 0.29) is 12.1 Å². The Kier molecular flexibility index (Phi) is 6.47. The highest BCUT2D eigenvalue weighted by atomic mass is 35.5. The molecule has 1 aliphatic rings. The van der Waals surface area contributed by atoms with Crippen molar-refractivity contribution in [2.75, 3.05) is 6.54 Å². The van der Waals surface area contributed by atoms with Gasteiger partial charge in [-0.05, 0) is 31.4 Å². The van der Waals surface area contributed by atoms with Gasteiger partial charge in [-0.15, -0.1) is 0 Å². The highest BCUT2D eigenvalue weighted by Gasteiger charge is 2.35. The zero-order chi connectivity index (χ0) is 21.8. The number of carbonyl (C=O) groups is 1. The number of ether oxygens (including phenoxy) is 1. The molecule has 0 unspecified atom stereocenters. The molecule has 0 radical (unpaired) electrons. The molecule has 0 atom stereocenters. The van der Waals surface area contributed by atoms with E-state index in [1.165, 1.54) is 0 Å². The Bertz CT molecular complexity index is 1050. The maximum Gasteiger partial charge on any atom is 0.317 e. The number of nitrogens with zero attached hydrogens (tertiary/aromatic N) is 3. The Morgan fingerprint density at radius 2 is 1.90 bits per heavy atom. The number of para-hydroxylation sites is 1. The summed E-state index contributed by atoms with van der Waals surface area (Å²) in [6, 6.07) is 17.5. The molecule has 1 heterocycles. The molecule has 162 valence electrons. The van der Waals surface area contributed by atoms with Crippen molar-refractivity contribution in [3.8, 4) is 22.9 Å².